The van der Waals surface area contributed by atoms with Gasteiger partial charge in [-0.3, -0.25) is 4.79 Å². The largest absolute Gasteiger partial charge is 0.511 e. The number of alkyl halides is 1. The number of ether oxygens (including phenoxy) is 1. The lowest BCUT2D eigenvalue weighted by Gasteiger charge is -2.27. The van der Waals surface area contributed by atoms with E-state index < -0.39 is 41.2 Å². The molecule has 1 aromatic heterocycles. The second kappa shape index (κ2) is 5.36. The number of pyridine rings is 1. The van der Waals surface area contributed by atoms with Crippen LogP contribution in [0.25, 0.3) is 10.9 Å². The van der Waals surface area contributed by atoms with Crippen LogP contribution in [0.3, 0.4) is 0 Å². The number of nitrogens with zero attached hydrogens (tertiary/aromatic N) is 1. The van der Waals surface area contributed by atoms with E-state index in [1.54, 1.807) is 0 Å². The number of fused-ring (bicyclic) bond motifs is 1. The fraction of sp³-hybridized carbons (Fsp3) is 0.286. The molecule has 0 aliphatic heterocycles. The molecule has 0 amide bonds. The lowest BCUT2D eigenvalue weighted by atomic mass is 10.0. The van der Waals surface area contributed by atoms with E-state index in [1.807, 2.05) is 0 Å². The molecule has 5 nitrogen and oxygen atoms in total. The van der Waals surface area contributed by atoms with Crippen LogP contribution in [0, 0.1) is 11.6 Å². The molecule has 0 spiro atoms. The van der Waals surface area contributed by atoms with Crippen LogP contribution in [0.5, 0.6) is 5.75 Å². The first-order chi connectivity index (χ1) is 10.2. The van der Waals surface area contributed by atoms with E-state index in [0.717, 1.165) is 16.8 Å². The summed E-state index contributed by atoms with van der Waals surface area (Å²) in [6.45, 7) is 2.00. The number of halogens is 3. The molecule has 8 heteroatoms. The summed E-state index contributed by atoms with van der Waals surface area (Å²) < 4.78 is 45.6. The van der Waals surface area contributed by atoms with Gasteiger partial charge in [0.2, 0.25) is 5.43 Å². The van der Waals surface area contributed by atoms with Crippen molar-refractivity contribution < 1.29 is 27.8 Å². The molecule has 0 unspecified atom stereocenters. The van der Waals surface area contributed by atoms with Gasteiger partial charge < -0.3 is 14.4 Å². The third kappa shape index (κ3) is 2.63. The minimum atomic E-state index is -1.75. The molecule has 1 aromatic carbocycles. The number of carbonyl (C=O) groups is 1. The van der Waals surface area contributed by atoms with Crippen molar-refractivity contribution in [2.24, 2.45) is 0 Å². The zero-order valence-electron chi connectivity index (χ0n) is 11.7. The van der Waals surface area contributed by atoms with Gasteiger partial charge in [0.05, 0.1) is 22.6 Å². The Morgan fingerprint density at radius 1 is 1.32 bits per heavy atom. The fourth-order valence-electron chi connectivity index (χ4n) is 2.03. The Balaban J connectivity index is 2.92. The number of hydrogen-bond donors (Lipinski definition) is 1. The van der Waals surface area contributed by atoms with Crippen LogP contribution in [0.2, 0.25) is 0 Å². The Morgan fingerprint density at radius 2 is 1.91 bits per heavy atom. The monoisotopic (exact) mass is 315 g/mol. The molecule has 2 rings (SSSR count). The van der Waals surface area contributed by atoms with E-state index in [1.165, 1.54) is 13.8 Å². The van der Waals surface area contributed by atoms with Crippen LogP contribution in [0.15, 0.2) is 23.1 Å². The van der Waals surface area contributed by atoms with Crippen molar-refractivity contribution in [1.29, 1.82) is 0 Å². The number of benzene rings is 1. The van der Waals surface area contributed by atoms with Gasteiger partial charge in [0.1, 0.15) is 6.67 Å². The van der Waals surface area contributed by atoms with Gasteiger partial charge in [0.15, 0.2) is 17.4 Å². The Hall–Kier alpha value is -2.51. The van der Waals surface area contributed by atoms with E-state index in [2.05, 4.69) is 4.74 Å². The molecule has 0 aliphatic rings. The molecule has 0 atom stereocenters. The van der Waals surface area contributed by atoms with Gasteiger partial charge in [-0.05, 0) is 19.9 Å². The quantitative estimate of drug-likeness (QED) is 0.884. The SMILES string of the molecule is CC(C)(CF)n1cc(OC(=O)O)c(=O)c2cc(F)c(F)cc21. The summed E-state index contributed by atoms with van der Waals surface area (Å²) in [5.74, 6) is -3.10. The van der Waals surface area contributed by atoms with Crippen LogP contribution in [0.4, 0.5) is 18.0 Å². The molecule has 1 heterocycles. The molecular weight excluding hydrogens is 303 g/mol. The maximum atomic E-state index is 13.5. The third-order valence-electron chi connectivity index (χ3n) is 3.19. The average Bonchev–Trinajstić information content (AvgIpc) is 2.43. The maximum Gasteiger partial charge on any atom is 0.511 e. The normalized spacial score (nSPS) is 11.7. The molecule has 0 saturated carbocycles. The van der Waals surface area contributed by atoms with E-state index >= 15 is 0 Å². The van der Waals surface area contributed by atoms with Crippen LogP contribution in [-0.4, -0.2) is 22.5 Å². The third-order valence-corrected chi connectivity index (χ3v) is 3.19. The van der Waals surface area contributed by atoms with Gasteiger partial charge in [-0.25, -0.2) is 18.0 Å². The van der Waals surface area contributed by atoms with Gasteiger partial charge in [-0.15, -0.1) is 0 Å². The summed E-state index contributed by atoms with van der Waals surface area (Å²) in [6, 6.07) is 1.39. The molecular formula is C14H12F3NO4. The Kier molecular flexibility index (Phi) is 3.87. The second-order valence-electron chi connectivity index (χ2n) is 5.29. The summed E-state index contributed by atoms with van der Waals surface area (Å²) in [7, 11) is 0. The molecule has 0 radical (unpaired) electrons. The first-order valence-corrected chi connectivity index (χ1v) is 6.19. The first kappa shape index (κ1) is 15.9. The zero-order valence-corrected chi connectivity index (χ0v) is 11.7. The number of carboxylic acid groups (broad SMARTS) is 1. The van der Waals surface area contributed by atoms with Crippen molar-refractivity contribution in [2.75, 3.05) is 6.67 Å². The van der Waals surface area contributed by atoms with Crippen molar-refractivity contribution in [3.8, 4) is 5.75 Å². The molecule has 118 valence electrons. The smallest absolute Gasteiger partial charge is 0.449 e. The molecule has 1 N–H and O–H groups in total. The zero-order chi connectivity index (χ0) is 16.7. The Morgan fingerprint density at radius 3 is 2.45 bits per heavy atom. The van der Waals surface area contributed by atoms with E-state index in [0.29, 0.717) is 6.07 Å². The van der Waals surface area contributed by atoms with Crippen molar-refractivity contribution in [1.82, 2.24) is 4.57 Å². The van der Waals surface area contributed by atoms with E-state index in [-0.39, 0.29) is 10.9 Å². The van der Waals surface area contributed by atoms with Gasteiger partial charge >= 0.3 is 6.16 Å². The summed E-state index contributed by atoms with van der Waals surface area (Å²) in [4.78, 5) is 22.7. The molecule has 0 saturated heterocycles. The molecule has 22 heavy (non-hydrogen) atoms. The fourth-order valence-corrected chi connectivity index (χ4v) is 2.03. The summed E-state index contributed by atoms with van der Waals surface area (Å²) in [5.41, 5.74) is -2.22. The summed E-state index contributed by atoms with van der Waals surface area (Å²) in [5, 5.41) is 8.33. The lowest BCUT2D eigenvalue weighted by molar-refractivity contribution is 0.143. The van der Waals surface area contributed by atoms with Gasteiger partial charge in [0, 0.05) is 6.07 Å². The van der Waals surface area contributed by atoms with Crippen LogP contribution < -0.4 is 10.2 Å². The van der Waals surface area contributed by atoms with E-state index in [9.17, 15) is 22.8 Å². The molecule has 0 fully saturated rings. The minimum Gasteiger partial charge on any atom is -0.449 e. The van der Waals surface area contributed by atoms with Crippen LogP contribution >= 0.6 is 0 Å². The van der Waals surface area contributed by atoms with Crippen LogP contribution in [-0.2, 0) is 5.54 Å². The average molecular weight is 315 g/mol. The maximum absolute atomic E-state index is 13.5. The van der Waals surface area contributed by atoms with Crippen molar-refractivity contribution in [2.45, 2.75) is 19.4 Å². The lowest BCUT2D eigenvalue weighted by Crippen LogP contribution is -2.31. The second-order valence-corrected chi connectivity index (χ2v) is 5.29. The molecule has 0 bridgehead atoms. The Labute approximate surface area is 122 Å². The number of rotatable bonds is 3. The van der Waals surface area contributed by atoms with Crippen LogP contribution in [0.1, 0.15) is 13.8 Å². The first-order valence-electron chi connectivity index (χ1n) is 6.19. The number of aromatic nitrogens is 1. The van der Waals surface area contributed by atoms with Gasteiger partial charge in [0.25, 0.3) is 0 Å². The van der Waals surface area contributed by atoms with Gasteiger partial charge in [-0.1, -0.05) is 0 Å². The topological polar surface area (TPSA) is 68.5 Å². The van der Waals surface area contributed by atoms with Crippen molar-refractivity contribution in [3.05, 3.63) is 40.2 Å². The van der Waals surface area contributed by atoms with Crippen molar-refractivity contribution in [3.63, 3.8) is 0 Å². The molecule has 0 aliphatic carbocycles. The predicted molar refractivity (Wildman–Crippen MR) is 72.1 cm³/mol. The standard InChI is InChI=1S/C14H12F3NO4/c1-14(2,6-15)18-5-11(22-13(20)21)12(19)7-3-8(16)9(17)4-10(7)18/h3-5H,6H2,1-2H3,(H,20,21). The highest BCUT2D eigenvalue weighted by molar-refractivity contribution is 5.81. The predicted octanol–water partition coefficient (Wildman–Crippen LogP) is 3.04. The minimum absolute atomic E-state index is 0.0655. The Bertz CT molecular complexity index is 814. The van der Waals surface area contributed by atoms with E-state index in [4.69, 9.17) is 5.11 Å². The van der Waals surface area contributed by atoms with Gasteiger partial charge in [-0.2, -0.15) is 0 Å². The highest BCUT2D eigenvalue weighted by atomic mass is 19.2. The highest BCUT2D eigenvalue weighted by Crippen LogP contribution is 2.26. The highest BCUT2D eigenvalue weighted by Gasteiger charge is 2.25. The van der Waals surface area contributed by atoms with Crippen molar-refractivity contribution >= 4 is 17.1 Å². The molecule has 2 aromatic rings. The summed E-state index contributed by atoms with van der Waals surface area (Å²) >= 11 is 0. The number of hydrogen-bond acceptors (Lipinski definition) is 3. The summed E-state index contributed by atoms with van der Waals surface area (Å²) in [6.07, 6.45) is -0.779.